The van der Waals surface area contributed by atoms with Gasteiger partial charge in [0.15, 0.2) is 5.78 Å². The van der Waals surface area contributed by atoms with Crippen molar-refractivity contribution in [1.29, 1.82) is 0 Å². The fourth-order valence-corrected chi connectivity index (χ4v) is 3.62. The van der Waals surface area contributed by atoms with Gasteiger partial charge in [0, 0.05) is 30.3 Å². The summed E-state index contributed by atoms with van der Waals surface area (Å²) in [7, 11) is 1.33. The van der Waals surface area contributed by atoms with E-state index in [4.69, 9.17) is 4.74 Å². The Balaban J connectivity index is 2.32. The zero-order chi connectivity index (χ0) is 19.4. The van der Waals surface area contributed by atoms with Gasteiger partial charge in [-0.2, -0.15) is 0 Å². The minimum Gasteiger partial charge on any atom is -0.464 e. The van der Waals surface area contributed by atoms with Crippen LogP contribution in [-0.2, 0) is 16.1 Å². The van der Waals surface area contributed by atoms with E-state index in [0.717, 1.165) is 25.0 Å². The van der Waals surface area contributed by atoms with Crippen LogP contribution in [-0.4, -0.2) is 47.3 Å². The number of hydrogen-bond donors (Lipinski definition) is 0. The summed E-state index contributed by atoms with van der Waals surface area (Å²) >= 11 is 0. The van der Waals surface area contributed by atoms with Gasteiger partial charge in [-0.05, 0) is 39.2 Å². The standard InChI is InChI=1S/C20H28N2O4/c1-6-11-21(19(24)15-9-8-10-15)12-16(23)17-13(3)18(20(25)26-5)22(7-2)14(17)4/h6,15H,1,7-12H2,2-5H3. The SMILES string of the molecule is C=CCN(CC(=O)c1c(C)c(C(=O)OC)n(CC)c1C)C(=O)C1CCC1. The van der Waals surface area contributed by atoms with E-state index in [9.17, 15) is 14.4 Å². The lowest BCUT2D eigenvalue weighted by atomic mass is 9.84. The summed E-state index contributed by atoms with van der Waals surface area (Å²) in [5.74, 6) is -0.578. The minimum absolute atomic E-state index is 0.00261. The zero-order valence-electron chi connectivity index (χ0n) is 16.1. The van der Waals surface area contributed by atoms with Gasteiger partial charge in [-0.25, -0.2) is 4.79 Å². The maximum Gasteiger partial charge on any atom is 0.354 e. The highest BCUT2D eigenvalue weighted by Crippen LogP contribution is 2.29. The van der Waals surface area contributed by atoms with E-state index in [1.807, 2.05) is 13.8 Å². The highest BCUT2D eigenvalue weighted by molar-refractivity contribution is 6.04. The van der Waals surface area contributed by atoms with Gasteiger partial charge in [0.2, 0.25) is 5.91 Å². The molecule has 0 saturated heterocycles. The van der Waals surface area contributed by atoms with Crippen LogP contribution in [0.4, 0.5) is 0 Å². The number of aromatic nitrogens is 1. The third-order valence-electron chi connectivity index (χ3n) is 5.19. The molecule has 2 rings (SSSR count). The predicted molar refractivity (Wildman–Crippen MR) is 99.4 cm³/mol. The van der Waals surface area contributed by atoms with E-state index in [-0.39, 0.29) is 24.2 Å². The summed E-state index contributed by atoms with van der Waals surface area (Å²) in [6.07, 6.45) is 4.47. The molecule has 0 N–H and O–H groups in total. The molecule has 0 aliphatic heterocycles. The number of rotatable bonds is 8. The average Bonchev–Trinajstić information content (AvgIpc) is 2.81. The molecule has 0 atom stereocenters. The lowest BCUT2D eigenvalue weighted by Crippen LogP contribution is -2.42. The van der Waals surface area contributed by atoms with Gasteiger partial charge in [0.25, 0.3) is 0 Å². The fraction of sp³-hybridized carbons (Fsp3) is 0.550. The third kappa shape index (κ3) is 3.59. The van der Waals surface area contributed by atoms with Crippen LogP contribution in [0.2, 0.25) is 0 Å². The molecule has 0 spiro atoms. The number of Topliss-reactive ketones (excluding diaryl/α,β-unsaturated/α-hetero) is 1. The van der Waals surface area contributed by atoms with Gasteiger partial charge < -0.3 is 14.2 Å². The molecule has 0 unspecified atom stereocenters. The van der Waals surface area contributed by atoms with Crippen molar-refractivity contribution in [2.75, 3.05) is 20.2 Å². The Bertz CT molecular complexity index is 729. The molecule has 1 saturated carbocycles. The van der Waals surface area contributed by atoms with Crippen molar-refractivity contribution in [2.45, 2.75) is 46.6 Å². The van der Waals surface area contributed by atoms with Crippen molar-refractivity contribution in [3.8, 4) is 0 Å². The molecule has 6 heteroatoms. The van der Waals surface area contributed by atoms with Crippen LogP contribution in [0, 0.1) is 19.8 Å². The van der Waals surface area contributed by atoms with E-state index < -0.39 is 5.97 Å². The molecule has 0 bridgehead atoms. The molecular formula is C20H28N2O4. The number of ether oxygens (including phenoxy) is 1. The van der Waals surface area contributed by atoms with Crippen LogP contribution >= 0.6 is 0 Å². The van der Waals surface area contributed by atoms with Gasteiger partial charge in [-0.3, -0.25) is 9.59 Å². The molecule has 1 aliphatic rings. The summed E-state index contributed by atoms with van der Waals surface area (Å²) in [6, 6.07) is 0. The summed E-state index contributed by atoms with van der Waals surface area (Å²) in [6.45, 7) is 10.1. The first-order valence-electron chi connectivity index (χ1n) is 9.08. The summed E-state index contributed by atoms with van der Waals surface area (Å²) in [5.41, 5.74) is 2.24. The molecule has 0 radical (unpaired) electrons. The second kappa shape index (κ2) is 8.34. The summed E-state index contributed by atoms with van der Waals surface area (Å²) in [4.78, 5) is 39.3. The maximum atomic E-state index is 13.0. The van der Waals surface area contributed by atoms with E-state index in [1.165, 1.54) is 7.11 Å². The number of carbonyl (C=O) groups excluding carboxylic acids is 3. The van der Waals surface area contributed by atoms with Gasteiger partial charge >= 0.3 is 5.97 Å². The first kappa shape index (κ1) is 19.9. The quantitative estimate of drug-likeness (QED) is 0.406. The number of amides is 1. The predicted octanol–water partition coefficient (Wildman–Crippen LogP) is 2.91. The van der Waals surface area contributed by atoms with Crippen LogP contribution in [0.5, 0.6) is 0 Å². The van der Waals surface area contributed by atoms with Crippen LogP contribution in [0.3, 0.4) is 0 Å². The lowest BCUT2D eigenvalue weighted by molar-refractivity contribution is -0.137. The Morgan fingerprint density at radius 1 is 1.31 bits per heavy atom. The molecule has 1 heterocycles. The minimum atomic E-state index is -0.458. The van der Waals surface area contributed by atoms with Crippen molar-refractivity contribution in [1.82, 2.24) is 9.47 Å². The molecule has 1 amide bonds. The zero-order valence-corrected chi connectivity index (χ0v) is 16.1. The number of ketones is 1. The third-order valence-corrected chi connectivity index (χ3v) is 5.19. The van der Waals surface area contributed by atoms with Crippen molar-refractivity contribution >= 4 is 17.7 Å². The van der Waals surface area contributed by atoms with E-state index in [1.54, 1.807) is 22.5 Å². The highest BCUT2D eigenvalue weighted by atomic mass is 16.5. The van der Waals surface area contributed by atoms with Gasteiger partial charge in [0.05, 0.1) is 13.7 Å². The molecule has 1 fully saturated rings. The molecule has 0 aromatic carbocycles. The van der Waals surface area contributed by atoms with E-state index >= 15 is 0 Å². The average molecular weight is 360 g/mol. The first-order valence-corrected chi connectivity index (χ1v) is 9.08. The molecule has 26 heavy (non-hydrogen) atoms. The first-order chi connectivity index (χ1) is 12.4. The molecular weight excluding hydrogens is 332 g/mol. The Kier molecular flexibility index (Phi) is 6.40. The van der Waals surface area contributed by atoms with Crippen molar-refractivity contribution in [3.05, 3.63) is 35.2 Å². The lowest BCUT2D eigenvalue weighted by Gasteiger charge is -2.30. The highest BCUT2D eigenvalue weighted by Gasteiger charge is 2.32. The number of nitrogens with zero attached hydrogens (tertiary/aromatic N) is 2. The Hall–Kier alpha value is -2.37. The van der Waals surface area contributed by atoms with E-state index in [2.05, 4.69) is 6.58 Å². The van der Waals surface area contributed by atoms with Gasteiger partial charge in [0.1, 0.15) is 5.69 Å². The van der Waals surface area contributed by atoms with Crippen LogP contribution < -0.4 is 0 Å². The van der Waals surface area contributed by atoms with Gasteiger partial charge in [-0.1, -0.05) is 12.5 Å². The van der Waals surface area contributed by atoms with Crippen LogP contribution in [0.1, 0.15) is 58.3 Å². The topological polar surface area (TPSA) is 68.6 Å². The Morgan fingerprint density at radius 2 is 1.96 bits per heavy atom. The molecule has 1 aliphatic carbocycles. The largest absolute Gasteiger partial charge is 0.464 e. The molecule has 1 aromatic rings. The summed E-state index contributed by atoms with van der Waals surface area (Å²) < 4.78 is 6.66. The van der Waals surface area contributed by atoms with Crippen LogP contribution in [0.25, 0.3) is 0 Å². The maximum absolute atomic E-state index is 13.0. The monoisotopic (exact) mass is 360 g/mol. The van der Waals surface area contributed by atoms with E-state index in [0.29, 0.717) is 29.9 Å². The smallest absolute Gasteiger partial charge is 0.354 e. The second-order valence-electron chi connectivity index (χ2n) is 6.73. The normalized spacial score (nSPS) is 13.8. The number of hydrogen-bond acceptors (Lipinski definition) is 4. The number of esters is 1. The van der Waals surface area contributed by atoms with Crippen LogP contribution in [0.15, 0.2) is 12.7 Å². The van der Waals surface area contributed by atoms with Crippen molar-refractivity contribution in [3.63, 3.8) is 0 Å². The molecule has 1 aromatic heterocycles. The Morgan fingerprint density at radius 3 is 2.42 bits per heavy atom. The molecule has 6 nitrogen and oxygen atoms in total. The fourth-order valence-electron chi connectivity index (χ4n) is 3.62. The summed E-state index contributed by atoms with van der Waals surface area (Å²) in [5, 5.41) is 0. The second-order valence-corrected chi connectivity index (χ2v) is 6.73. The number of carbonyl (C=O) groups is 3. The Labute approximate surface area is 154 Å². The van der Waals surface area contributed by atoms with Crippen molar-refractivity contribution in [2.24, 2.45) is 5.92 Å². The number of methoxy groups -OCH3 is 1. The van der Waals surface area contributed by atoms with Crippen molar-refractivity contribution < 1.29 is 19.1 Å². The molecule has 142 valence electrons. The van der Waals surface area contributed by atoms with Gasteiger partial charge in [-0.15, -0.1) is 6.58 Å².